The maximum Gasteiger partial charge on any atom is 0.420 e. The van der Waals surface area contributed by atoms with E-state index >= 15 is 17.6 Å². The van der Waals surface area contributed by atoms with Crippen LogP contribution < -0.4 is 26.9 Å². The molecule has 10 rings (SSSR count). The van der Waals surface area contributed by atoms with Gasteiger partial charge in [-0.25, -0.2) is 14.2 Å². The zero-order chi connectivity index (χ0) is 42.5. The van der Waals surface area contributed by atoms with Gasteiger partial charge in [-0.3, -0.25) is 18.8 Å². The van der Waals surface area contributed by atoms with Gasteiger partial charge in [-0.05, 0) is 76.8 Å². The number of alkyl halides is 3. The molecule has 4 aliphatic rings. The van der Waals surface area contributed by atoms with Crippen LogP contribution in [0, 0.1) is 12.7 Å². The summed E-state index contributed by atoms with van der Waals surface area (Å²) in [6.07, 6.45) is -7.69. The monoisotopic (exact) mass is 835 g/mol. The molecule has 12 nitrogen and oxygen atoms in total. The van der Waals surface area contributed by atoms with Crippen molar-refractivity contribution in [2.24, 2.45) is 0 Å². The predicted molar refractivity (Wildman–Crippen MR) is 214 cm³/mol. The fourth-order valence-electron chi connectivity index (χ4n) is 9.78. The van der Waals surface area contributed by atoms with Gasteiger partial charge in [0, 0.05) is 22.8 Å². The third-order valence-electron chi connectivity index (χ3n) is 12.5. The van der Waals surface area contributed by atoms with Crippen LogP contribution in [0.4, 0.5) is 22.4 Å². The minimum Gasteiger partial charge on any atom is -0.460 e. The molecule has 3 atom stereocenters. The molecule has 16 heteroatoms. The number of esters is 1. The summed E-state index contributed by atoms with van der Waals surface area (Å²) >= 11 is 0. The number of nitrogens with one attached hydrogen (secondary N) is 3. The van der Waals surface area contributed by atoms with Crippen molar-refractivity contribution in [2.45, 2.75) is 69.9 Å². The molecule has 5 heterocycles. The lowest BCUT2D eigenvalue weighted by Crippen LogP contribution is -2.48. The van der Waals surface area contributed by atoms with Crippen molar-refractivity contribution in [3.05, 3.63) is 121 Å². The van der Waals surface area contributed by atoms with Crippen LogP contribution in [0.15, 0.2) is 65.5 Å². The summed E-state index contributed by atoms with van der Waals surface area (Å²) in [4.78, 5) is 57.6. The molecule has 2 amide bonds. The molecule has 0 radical (unpaired) electrons. The van der Waals surface area contributed by atoms with Crippen LogP contribution in [0.25, 0.3) is 44.1 Å². The van der Waals surface area contributed by atoms with Gasteiger partial charge in [0.2, 0.25) is 5.91 Å². The number of hydrogen-bond donors (Lipinski definition) is 3. The molecule has 3 N–H and O–H groups in total. The van der Waals surface area contributed by atoms with Gasteiger partial charge in [-0.2, -0.15) is 13.2 Å². The van der Waals surface area contributed by atoms with Crippen molar-refractivity contribution in [3.63, 3.8) is 0 Å². The Morgan fingerprint density at radius 2 is 1.70 bits per heavy atom. The first-order valence-electron chi connectivity index (χ1n) is 20.0. The molecule has 0 fully saturated rings. The molecule has 2 aliphatic carbocycles. The first kappa shape index (κ1) is 38.6. The second-order valence-electron chi connectivity index (χ2n) is 15.8. The first-order chi connectivity index (χ1) is 29.3. The number of amides is 2. The highest BCUT2D eigenvalue weighted by atomic mass is 19.4. The fourth-order valence-corrected chi connectivity index (χ4v) is 9.78. The van der Waals surface area contributed by atoms with Crippen LogP contribution in [0.2, 0.25) is 0 Å². The van der Waals surface area contributed by atoms with E-state index in [9.17, 15) is 19.2 Å². The lowest BCUT2D eigenvalue weighted by Gasteiger charge is -2.35. The second kappa shape index (κ2) is 14.3. The summed E-state index contributed by atoms with van der Waals surface area (Å²) in [5.74, 6) is -2.85. The Balaban J connectivity index is 0.958. The Kier molecular flexibility index (Phi) is 9.05. The molecule has 2 aliphatic heterocycles. The number of nitrogens with zero attached hydrogens (tertiary/aromatic N) is 2. The Hall–Kier alpha value is -6.55. The molecule has 6 aromatic rings. The smallest absolute Gasteiger partial charge is 0.420 e. The summed E-state index contributed by atoms with van der Waals surface area (Å²) in [6.45, 7) is 1.50. The van der Waals surface area contributed by atoms with E-state index in [2.05, 4.69) is 16.0 Å². The molecule has 0 saturated heterocycles. The molecule has 3 aromatic carbocycles. The lowest BCUT2D eigenvalue weighted by molar-refractivity contribution is -0.203. The zero-order valence-electron chi connectivity index (χ0n) is 32.8. The van der Waals surface area contributed by atoms with Crippen molar-refractivity contribution in [1.29, 1.82) is 0 Å². The molecular formula is C45H37F4N5O7. The van der Waals surface area contributed by atoms with Crippen LogP contribution in [-0.4, -0.2) is 59.5 Å². The molecular weight excluding hydrogens is 799 g/mol. The van der Waals surface area contributed by atoms with Crippen molar-refractivity contribution in [2.75, 3.05) is 19.9 Å². The highest BCUT2D eigenvalue weighted by Crippen LogP contribution is 2.46. The highest BCUT2D eigenvalue weighted by molar-refractivity contribution is 6.08. The van der Waals surface area contributed by atoms with Crippen LogP contribution in [-0.2, 0) is 36.8 Å². The van der Waals surface area contributed by atoms with E-state index in [1.54, 1.807) is 19.9 Å². The number of carbonyl (C=O) groups is 3. The summed E-state index contributed by atoms with van der Waals surface area (Å²) in [5.41, 5.74) is 5.76. The maximum atomic E-state index is 15.3. The van der Waals surface area contributed by atoms with Gasteiger partial charge in [-0.15, -0.1) is 0 Å². The first-order valence-corrected chi connectivity index (χ1v) is 20.0. The Labute approximate surface area is 343 Å². The number of aryl methyl sites for hydroxylation is 1. The third-order valence-corrected chi connectivity index (χ3v) is 12.5. The molecule has 0 saturated carbocycles. The predicted octanol–water partition coefficient (Wildman–Crippen LogP) is 5.98. The van der Waals surface area contributed by atoms with Gasteiger partial charge in [-0.1, -0.05) is 55.5 Å². The van der Waals surface area contributed by atoms with Gasteiger partial charge < -0.3 is 30.2 Å². The van der Waals surface area contributed by atoms with Crippen LogP contribution in [0.3, 0.4) is 0 Å². The quantitative estimate of drug-likeness (QED) is 0.0910. The number of pyridine rings is 2. The number of aromatic nitrogens is 2. The lowest BCUT2D eigenvalue weighted by atomic mass is 9.81. The van der Waals surface area contributed by atoms with Crippen LogP contribution >= 0.6 is 0 Å². The standard InChI is InChI=1S/C45H37F4N5O7/c1-3-21-27-14-33-38-37-36-31(13-12-22-20(2)30(46)15-32(53-38)35(22)36)52-39(40(37)54(33)42(56)29(27)18-59-43(21)57)41(45(47,48)49)61-19-51-34(55)16-50-44(58)60-17-28-25-10-6-4-8-23(25)24-9-5-7-11-26(24)28/h4-11,14-15,21,28,31,41,52H,3,12-13,16-19H2,1-2H3,(H,50,58)(H,51,55)/t21?,31-,41?/m0/s1. The van der Waals surface area contributed by atoms with Crippen molar-refractivity contribution >= 4 is 51.0 Å². The number of hydrogen-bond acceptors (Lipinski definition) is 9. The van der Waals surface area contributed by atoms with Gasteiger partial charge in [0.15, 0.2) is 6.10 Å². The van der Waals surface area contributed by atoms with Gasteiger partial charge >= 0.3 is 18.2 Å². The molecule has 0 bridgehead atoms. The Morgan fingerprint density at radius 1 is 0.984 bits per heavy atom. The number of alkyl carbamates (subject to hydrolysis) is 1. The van der Waals surface area contributed by atoms with Crippen molar-refractivity contribution in [3.8, 4) is 11.1 Å². The number of ether oxygens (including phenoxy) is 3. The molecule has 0 spiro atoms. The van der Waals surface area contributed by atoms with E-state index in [-0.39, 0.29) is 46.5 Å². The number of cyclic esters (lactones) is 1. The fraction of sp³-hybridized carbons (Fsp3) is 0.311. The van der Waals surface area contributed by atoms with Gasteiger partial charge in [0.1, 0.15) is 32.3 Å². The summed E-state index contributed by atoms with van der Waals surface area (Å²) in [5, 5.41) is 8.43. The number of carbonyl (C=O) groups excluding carboxylic acids is 3. The molecule has 312 valence electrons. The summed E-state index contributed by atoms with van der Waals surface area (Å²) in [7, 11) is 0. The van der Waals surface area contributed by atoms with E-state index in [4.69, 9.17) is 19.2 Å². The average molecular weight is 836 g/mol. The average Bonchev–Trinajstić information content (AvgIpc) is 3.75. The summed E-state index contributed by atoms with van der Waals surface area (Å²) in [6, 6.07) is 17.8. The van der Waals surface area contributed by atoms with Crippen molar-refractivity contribution in [1.82, 2.24) is 25.3 Å². The molecule has 61 heavy (non-hydrogen) atoms. The largest absolute Gasteiger partial charge is 0.460 e. The van der Waals surface area contributed by atoms with E-state index < -0.39 is 72.6 Å². The number of fused-ring (bicyclic) bond motifs is 7. The van der Waals surface area contributed by atoms with Gasteiger partial charge in [0.25, 0.3) is 5.56 Å². The number of benzene rings is 3. The Bertz CT molecular complexity index is 2980. The molecule has 2 unspecified atom stereocenters. The van der Waals surface area contributed by atoms with Crippen LogP contribution in [0.5, 0.6) is 0 Å². The zero-order valence-corrected chi connectivity index (χ0v) is 32.8. The van der Waals surface area contributed by atoms with Crippen molar-refractivity contribution < 1.29 is 46.2 Å². The minimum absolute atomic E-state index is 0.00336. The number of rotatable bonds is 9. The van der Waals surface area contributed by atoms with E-state index in [0.29, 0.717) is 52.4 Å². The van der Waals surface area contributed by atoms with E-state index in [1.807, 2.05) is 48.5 Å². The van der Waals surface area contributed by atoms with E-state index in [1.165, 1.54) is 6.07 Å². The Morgan fingerprint density at radius 3 is 2.41 bits per heavy atom. The van der Waals surface area contributed by atoms with E-state index in [0.717, 1.165) is 26.7 Å². The SMILES string of the molecule is CCC1C(=O)OCc2c1cc1c3nc4cc(F)c(C)c5c4c4c3c(n1c2=O)=C(C(OCNC(=O)CNC(=O)OCC1c2ccccc2-c2ccccc21)C(F)(F)F)N[C@H]4CC5. The summed E-state index contributed by atoms with van der Waals surface area (Å²) < 4.78 is 78.5. The third kappa shape index (κ3) is 6.01. The van der Waals surface area contributed by atoms with Gasteiger partial charge in [0.05, 0.1) is 45.1 Å². The number of halogens is 4. The highest BCUT2D eigenvalue weighted by Gasteiger charge is 2.47. The minimum atomic E-state index is -5.06. The van der Waals surface area contributed by atoms with Crippen LogP contribution in [0.1, 0.15) is 76.6 Å². The maximum absolute atomic E-state index is 15.3. The molecule has 3 aromatic heterocycles. The second-order valence-corrected chi connectivity index (χ2v) is 15.8. The topological polar surface area (TPSA) is 149 Å². The normalized spacial score (nSPS) is 18.1.